The van der Waals surface area contributed by atoms with Gasteiger partial charge < -0.3 is 11.1 Å². The molecular weight excluding hydrogens is 220 g/mol. The number of amides is 1. The quantitative estimate of drug-likeness (QED) is 0.688. The molecular formula is C9H21ClN2OS. The molecule has 0 aromatic heterocycles. The average molecular weight is 241 g/mol. The number of carbonyl (C=O) groups excluding carboxylic acids is 1. The SMILES string of the molecule is CSCCCNC(=O)[C@@H](N)C(C)C.Cl. The van der Waals surface area contributed by atoms with Gasteiger partial charge in [-0.3, -0.25) is 4.79 Å². The van der Waals surface area contributed by atoms with E-state index < -0.39 is 0 Å². The summed E-state index contributed by atoms with van der Waals surface area (Å²) in [4.78, 5) is 11.3. The summed E-state index contributed by atoms with van der Waals surface area (Å²) in [7, 11) is 0. The van der Waals surface area contributed by atoms with Crippen molar-refractivity contribution in [3.63, 3.8) is 0 Å². The van der Waals surface area contributed by atoms with Crippen LogP contribution in [0.1, 0.15) is 20.3 Å². The van der Waals surface area contributed by atoms with E-state index in [4.69, 9.17) is 5.73 Å². The Bertz CT molecular complexity index is 156. The second-order valence-corrected chi connectivity index (χ2v) is 4.39. The van der Waals surface area contributed by atoms with Crippen LogP contribution in [0.3, 0.4) is 0 Å². The smallest absolute Gasteiger partial charge is 0.237 e. The van der Waals surface area contributed by atoms with Gasteiger partial charge in [-0.1, -0.05) is 13.8 Å². The third-order valence-corrected chi connectivity index (χ3v) is 2.54. The molecule has 0 rings (SSSR count). The van der Waals surface area contributed by atoms with Crippen molar-refractivity contribution in [3.8, 4) is 0 Å². The van der Waals surface area contributed by atoms with Crippen LogP contribution >= 0.6 is 24.2 Å². The highest BCUT2D eigenvalue weighted by atomic mass is 35.5. The van der Waals surface area contributed by atoms with Gasteiger partial charge in [-0.15, -0.1) is 12.4 Å². The molecule has 0 saturated carbocycles. The Labute approximate surface area is 97.0 Å². The van der Waals surface area contributed by atoms with Crippen LogP contribution in [0, 0.1) is 5.92 Å². The first-order valence-electron chi connectivity index (χ1n) is 4.61. The first-order chi connectivity index (χ1) is 6.09. The number of halogens is 1. The maximum absolute atomic E-state index is 11.3. The molecule has 0 aliphatic heterocycles. The van der Waals surface area contributed by atoms with E-state index in [9.17, 15) is 4.79 Å². The number of rotatable bonds is 6. The number of nitrogens with two attached hydrogens (primary N) is 1. The molecule has 0 aliphatic carbocycles. The van der Waals surface area contributed by atoms with Crippen molar-refractivity contribution >= 4 is 30.1 Å². The third-order valence-electron chi connectivity index (χ3n) is 1.85. The Kier molecular flexibility index (Phi) is 11.3. The second kappa shape index (κ2) is 9.62. The van der Waals surface area contributed by atoms with Crippen LogP contribution in [0.2, 0.25) is 0 Å². The largest absolute Gasteiger partial charge is 0.355 e. The molecule has 0 heterocycles. The molecule has 5 heteroatoms. The Morgan fingerprint density at radius 2 is 2.07 bits per heavy atom. The highest BCUT2D eigenvalue weighted by Crippen LogP contribution is 1.98. The molecule has 14 heavy (non-hydrogen) atoms. The number of hydrogen-bond donors (Lipinski definition) is 2. The minimum absolute atomic E-state index is 0. The first-order valence-corrected chi connectivity index (χ1v) is 6.01. The van der Waals surface area contributed by atoms with Gasteiger partial charge >= 0.3 is 0 Å². The van der Waals surface area contributed by atoms with Crippen LogP contribution in [-0.4, -0.2) is 30.5 Å². The molecule has 0 unspecified atom stereocenters. The molecule has 0 bridgehead atoms. The monoisotopic (exact) mass is 240 g/mol. The number of carbonyl (C=O) groups is 1. The second-order valence-electron chi connectivity index (χ2n) is 3.41. The van der Waals surface area contributed by atoms with Gasteiger partial charge in [-0.05, 0) is 24.3 Å². The molecule has 0 aliphatic rings. The van der Waals surface area contributed by atoms with E-state index in [0.717, 1.165) is 18.7 Å². The molecule has 3 nitrogen and oxygen atoms in total. The summed E-state index contributed by atoms with van der Waals surface area (Å²) in [5.41, 5.74) is 5.66. The Hall–Kier alpha value is 0.0700. The predicted molar refractivity (Wildman–Crippen MR) is 66.1 cm³/mol. The Morgan fingerprint density at radius 3 is 2.50 bits per heavy atom. The van der Waals surface area contributed by atoms with Crippen LogP contribution in [0.5, 0.6) is 0 Å². The van der Waals surface area contributed by atoms with Crippen LogP contribution in [0.4, 0.5) is 0 Å². The van der Waals surface area contributed by atoms with E-state index in [1.54, 1.807) is 11.8 Å². The molecule has 1 amide bonds. The minimum Gasteiger partial charge on any atom is -0.355 e. The van der Waals surface area contributed by atoms with E-state index in [-0.39, 0.29) is 30.3 Å². The van der Waals surface area contributed by atoms with Crippen LogP contribution < -0.4 is 11.1 Å². The topological polar surface area (TPSA) is 55.1 Å². The van der Waals surface area contributed by atoms with E-state index in [0.29, 0.717) is 0 Å². The molecule has 86 valence electrons. The van der Waals surface area contributed by atoms with Crippen LogP contribution in [-0.2, 0) is 4.79 Å². The molecule has 0 saturated heterocycles. The van der Waals surface area contributed by atoms with Gasteiger partial charge in [0.25, 0.3) is 0 Å². The Balaban J connectivity index is 0. The summed E-state index contributed by atoms with van der Waals surface area (Å²) in [6, 6.07) is -0.366. The molecule has 0 aromatic rings. The number of thioether (sulfide) groups is 1. The zero-order valence-electron chi connectivity index (χ0n) is 9.08. The summed E-state index contributed by atoms with van der Waals surface area (Å²) in [6.45, 7) is 4.64. The molecule has 1 atom stereocenters. The fraction of sp³-hybridized carbons (Fsp3) is 0.889. The lowest BCUT2D eigenvalue weighted by Gasteiger charge is -2.14. The average Bonchev–Trinajstić information content (AvgIpc) is 2.10. The van der Waals surface area contributed by atoms with E-state index >= 15 is 0 Å². The van der Waals surface area contributed by atoms with Crippen molar-refractivity contribution in [2.45, 2.75) is 26.3 Å². The molecule has 0 fully saturated rings. The van der Waals surface area contributed by atoms with Gasteiger partial charge in [0.05, 0.1) is 6.04 Å². The summed E-state index contributed by atoms with van der Waals surface area (Å²) in [5.74, 6) is 1.26. The van der Waals surface area contributed by atoms with Crippen molar-refractivity contribution in [2.24, 2.45) is 11.7 Å². The van der Waals surface area contributed by atoms with Gasteiger partial charge in [0.15, 0.2) is 0 Å². The highest BCUT2D eigenvalue weighted by Gasteiger charge is 2.15. The fourth-order valence-corrected chi connectivity index (χ4v) is 1.28. The summed E-state index contributed by atoms with van der Waals surface area (Å²) >= 11 is 1.79. The lowest BCUT2D eigenvalue weighted by atomic mass is 10.1. The zero-order chi connectivity index (χ0) is 10.3. The molecule has 3 N–H and O–H groups in total. The van der Waals surface area contributed by atoms with Crippen molar-refractivity contribution < 1.29 is 4.79 Å². The lowest BCUT2D eigenvalue weighted by molar-refractivity contribution is -0.123. The lowest BCUT2D eigenvalue weighted by Crippen LogP contribution is -2.44. The van der Waals surface area contributed by atoms with Crippen molar-refractivity contribution in [1.82, 2.24) is 5.32 Å². The highest BCUT2D eigenvalue weighted by molar-refractivity contribution is 7.98. The standard InChI is InChI=1S/C9H20N2OS.ClH/c1-7(2)8(10)9(12)11-5-4-6-13-3;/h7-8H,4-6,10H2,1-3H3,(H,11,12);1H/t8-;/m0./s1. The van der Waals surface area contributed by atoms with Gasteiger partial charge in [-0.25, -0.2) is 0 Å². The summed E-state index contributed by atoms with van der Waals surface area (Å²) in [5, 5.41) is 2.82. The maximum atomic E-state index is 11.3. The third kappa shape index (κ3) is 7.47. The molecule has 0 aromatic carbocycles. The maximum Gasteiger partial charge on any atom is 0.237 e. The van der Waals surface area contributed by atoms with Gasteiger partial charge in [0.1, 0.15) is 0 Å². The summed E-state index contributed by atoms with van der Waals surface area (Å²) in [6.07, 6.45) is 3.07. The zero-order valence-corrected chi connectivity index (χ0v) is 10.7. The van der Waals surface area contributed by atoms with E-state index in [2.05, 4.69) is 11.6 Å². The normalized spacial score (nSPS) is 12.1. The fourth-order valence-electron chi connectivity index (χ4n) is 0.849. The number of hydrogen-bond acceptors (Lipinski definition) is 3. The predicted octanol–water partition coefficient (Wildman–Crippen LogP) is 1.26. The van der Waals surface area contributed by atoms with Gasteiger partial charge in [-0.2, -0.15) is 11.8 Å². The molecule has 0 radical (unpaired) electrons. The number of nitrogens with one attached hydrogen (secondary N) is 1. The van der Waals surface area contributed by atoms with Gasteiger partial charge in [0, 0.05) is 6.54 Å². The van der Waals surface area contributed by atoms with E-state index in [1.807, 2.05) is 13.8 Å². The minimum atomic E-state index is -0.366. The van der Waals surface area contributed by atoms with Crippen LogP contribution in [0.25, 0.3) is 0 Å². The summed E-state index contributed by atoms with van der Waals surface area (Å²) < 4.78 is 0. The van der Waals surface area contributed by atoms with E-state index in [1.165, 1.54) is 0 Å². The van der Waals surface area contributed by atoms with Crippen molar-refractivity contribution in [2.75, 3.05) is 18.6 Å². The molecule has 0 spiro atoms. The van der Waals surface area contributed by atoms with Crippen molar-refractivity contribution in [1.29, 1.82) is 0 Å². The Morgan fingerprint density at radius 1 is 1.50 bits per heavy atom. The first kappa shape index (κ1) is 16.5. The van der Waals surface area contributed by atoms with Crippen LogP contribution in [0.15, 0.2) is 0 Å². The van der Waals surface area contributed by atoms with Crippen molar-refractivity contribution in [3.05, 3.63) is 0 Å². The van der Waals surface area contributed by atoms with Gasteiger partial charge in [0.2, 0.25) is 5.91 Å².